The zero-order valence-electron chi connectivity index (χ0n) is 19.7. The second kappa shape index (κ2) is 10.4. The summed E-state index contributed by atoms with van der Waals surface area (Å²) in [5.41, 5.74) is 6.71. The third kappa shape index (κ3) is 5.34. The summed E-state index contributed by atoms with van der Waals surface area (Å²) in [5, 5.41) is 0. The molecular weight excluding hydrogens is 446 g/mol. The van der Waals surface area contributed by atoms with Gasteiger partial charge in [0.1, 0.15) is 5.82 Å². The van der Waals surface area contributed by atoms with E-state index in [9.17, 15) is 19.2 Å². The lowest BCUT2D eigenvalue weighted by molar-refractivity contribution is 0.0986. The van der Waals surface area contributed by atoms with Gasteiger partial charge in [0.15, 0.2) is 5.69 Å². The number of nitrogens with two attached hydrogens (primary N) is 1. The third-order valence-electron chi connectivity index (χ3n) is 6.31. The molecular formula is C26H29N5O4. The molecule has 0 saturated carbocycles. The second-order valence-corrected chi connectivity index (χ2v) is 8.74. The number of amides is 1. The molecule has 3 aromatic rings. The van der Waals surface area contributed by atoms with Crippen molar-refractivity contribution in [1.29, 1.82) is 0 Å². The van der Waals surface area contributed by atoms with Crippen molar-refractivity contribution >= 4 is 17.4 Å². The van der Waals surface area contributed by atoms with Crippen LogP contribution in [-0.2, 0) is 13.6 Å². The summed E-state index contributed by atoms with van der Waals surface area (Å²) in [6.45, 7) is 0.324. The fourth-order valence-electron chi connectivity index (χ4n) is 4.30. The summed E-state index contributed by atoms with van der Waals surface area (Å²) in [5.74, 6) is -0.626. The number of anilines is 2. The molecule has 0 radical (unpaired) electrons. The van der Waals surface area contributed by atoms with Crippen molar-refractivity contribution in [3.05, 3.63) is 103 Å². The molecule has 0 aliphatic heterocycles. The van der Waals surface area contributed by atoms with Crippen LogP contribution in [0.5, 0.6) is 0 Å². The van der Waals surface area contributed by atoms with Crippen molar-refractivity contribution in [1.82, 2.24) is 14.1 Å². The molecule has 0 fully saturated rings. The summed E-state index contributed by atoms with van der Waals surface area (Å²) in [7, 11) is 1.59. The van der Waals surface area contributed by atoms with Crippen LogP contribution in [0.4, 0.5) is 11.5 Å². The van der Waals surface area contributed by atoms with Crippen molar-refractivity contribution in [2.45, 2.75) is 38.6 Å². The molecule has 35 heavy (non-hydrogen) atoms. The van der Waals surface area contributed by atoms with Crippen LogP contribution in [0.1, 0.15) is 48.0 Å². The summed E-state index contributed by atoms with van der Waals surface area (Å²) >= 11 is 0. The van der Waals surface area contributed by atoms with Gasteiger partial charge in [0.05, 0.1) is 6.54 Å². The molecule has 3 N–H and O–H groups in total. The minimum Gasteiger partial charge on any atom is -0.383 e. The third-order valence-corrected chi connectivity index (χ3v) is 6.31. The number of aromatic nitrogens is 3. The van der Waals surface area contributed by atoms with Crippen LogP contribution in [0, 0.1) is 0 Å². The molecule has 4 rings (SSSR count). The minimum atomic E-state index is -0.744. The van der Waals surface area contributed by atoms with Gasteiger partial charge in [0.2, 0.25) is 0 Å². The number of benzene rings is 1. The maximum Gasteiger partial charge on any atom is 0.330 e. The van der Waals surface area contributed by atoms with Crippen LogP contribution in [0.3, 0.4) is 0 Å². The fourth-order valence-corrected chi connectivity index (χ4v) is 4.30. The molecule has 2 aromatic heterocycles. The Morgan fingerprint density at radius 2 is 1.89 bits per heavy atom. The van der Waals surface area contributed by atoms with Gasteiger partial charge in [0, 0.05) is 31.4 Å². The monoisotopic (exact) mass is 475 g/mol. The number of nitrogens with one attached hydrogen (secondary N) is 1. The summed E-state index contributed by atoms with van der Waals surface area (Å²) in [4.78, 5) is 55.0. The number of hydrogen-bond donors (Lipinski definition) is 2. The van der Waals surface area contributed by atoms with E-state index >= 15 is 0 Å². The number of aromatic amines is 1. The number of aryl methyl sites for hydroxylation is 1. The smallest absolute Gasteiger partial charge is 0.330 e. The first kappa shape index (κ1) is 24.0. The van der Waals surface area contributed by atoms with Crippen molar-refractivity contribution in [3.8, 4) is 0 Å². The molecule has 0 saturated heterocycles. The van der Waals surface area contributed by atoms with E-state index in [1.54, 1.807) is 7.05 Å². The second-order valence-electron chi connectivity index (χ2n) is 8.74. The van der Waals surface area contributed by atoms with Gasteiger partial charge in [-0.3, -0.25) is 23.9 Å². The van der Waals surface area contributed by atoms with E-state index < -0.39 is 17.2 Å². The lowest BCUT2D eigenvalue weighted by Crippen LogP contribution is -2.42. The lowest BCUT2D eigenvalue weighted by atomic mass is 9.97. The number of nitrogen functional groups attached to an aromatic ring is 1. The molecule has 9 nitrogen and oxygen atoms in total. The highest BCUT2D eigenvalue weighted by molar-refractivity contribution is 6.07. The number of rotatable bonds is 7. The summed E-state index contributed by atoms with van der Waals surface area (Å²) in [6, 6.07) is 12.0. The molecule has 1 amide bonds. The maximum absolute atomic E-state index is 13.6. The average molecular weight is 476 g/mol. The Hall–Kier alpha value is -4.14. The van der Waals surface area contributed by atoms with Crippen molar-refractivity contribution in [2.75, 3.05) is 17.2 Å². The Labute approximate surface area is 202 Å². The molecule has 1 aliphatic carbocycles. The quantitative estimate of drug-likeness (QED) is 0.508. The first-order valence-corrected chi connectivity index (χ1v) is 11.7. The molecule has 0 spiro atoms. The summed E-state index contributed by atoms with van der Waals surface area (Å²) in [6.07, 6.45) is 8.38. The molecule has 2 heterocycles. The van der Waals surface area contributed by atoms with E-state index in [4.69, 9.17) is 5.73 Å². The number of carbonyl (C=O) groups is 1. The number of allylic oxidation sites excluding steroid dienone is 1. The van der Waals surface area contributed by atoms with E-state index in [0.717, 1.165) is 31.2 Å². The zero-order chi connectivity index (χ0) is 24.9. The fraction of sp³-hybridized carbons (Fsp3) is 0.308. The standard InChI is InChI=1S/C26H29N5O4/c1-29-14-13-20(16-21(29)32)25(34)30(15-12-18-8-4-2-5-9-18)22-23(27)31(26(35)28-24(22)33)17-19-10-6-3-7-11-19/h3,6-8,10-11,13-14,16H,2,4-5,9,12,15,17,27H2,1H3,(H,28,33,35). The number of H-pyrrole nitrogens is 1. The van der Waals surface area contributed by atoms with Crippen molar-refractivity contribution in [2.24, 2.45) is 7.05 Å². The Kier molecular flexibility index (Phi) is 7.14. The highest BCUT2D eigenvalue weighted by atomic mass is 16.2. The average Bonchev–Trinajstić information content (AvgIpc) is 2.86. The number of carbonyl (C=O) groups excluding carboxylic acids is 1. The SMILES string of the molecule is Cn1ccc(C(=O)N(CCC2=CCCCC2)c2c(N)n(Cc3ccccc3)c(=O)[nH]c2=O)cc1=O. The molecule has 182 valence electrons. The van der Waals surface area contributed by atoms with Gasteiger partial charge in [-0.05, 0) is 43.7 Å². The zero-order valence-corrected chi connectivity index (χ0v) is 19.7. The lowest BCUT2D eigenvalue weighted by Gasteiger charge is -2.26. The van der Waals surface area contributed by atoms with E-state index in [1.165, 1.54) is 37.9 Å². The highest BCUT2D eigenvalue weighted by Gasteiger charge is 2.26. The van der Waals surface area contributed by atoms with Crippen molar-refractivity contribution < 1.29 is 4.79 Å². The highest BCUT2D eigenvalue weighted by Crippen LogP contribution is 2.24. The minimum absolute atomic E-state index is 0.0948. The predicted molar refractivity (Wildman–Crippen MR) is 136 cm³/mol. The van der Waals surface area contributed by atoms with E-state index in [1.807, 2.05) is 30.3 Å². The molecule has 9 heteroatoms. The van der Waals surface area contributed by atoms with Gasteiger partial charge in [-0.2, -0.15) is 0 Å². The maximum atomic E-state index is 13.6. The van der Waals surface area contributed by atoms with Gasteiger partial charge >= 0.3 is 5.69 Å². The Morgan fingerprint density at radius 3 is 2.57 bits per heavy atom. The predicted octanol–water partition coefficient (Wildman–Crippen LogP) is 2.40. The van der Waals surface area contributed by atoms with Crippen LogP contribution in [0.2, 0.25) is 0 Å². The topological polar surface area (TPSA) is 123 Å². The Morgan fingerprint density at radius 1 is 1.11 bits per heavy atom. The van der Waals surface area contributed by atoms with Crippen molar-refractivity contribution in [3.63, 3.8) is 0 Å². The van der Waals surface area contributed by atoms with Gasteiger partial charge in [-0.1, -0.05) is 42.0 Å². The van der Waals surface area contributed by atoms with Crippen LogP contribution < -0.4 is 27.4 Å². The molecule has 1 aliphatic rings. The largest absolute Gasteiger partial charge is 0.383 e. The van der Waals surface area contributed by atoms with Crippen LogP contribution >= 0.6 is 0 Å². The van der Waals surface area contributed by atoms with Gasteiger partial charge in [-0.15, -0.1) is 0 Å². The summed E-state index contributed by atoms with van der Waals surface area (Å²) < 4.78 is 2.60. The first-order chi connectivity index (χ1) is 16.8. The number of nitrogens with zero attached hydrogens (tertiary/aromatic N) is 3. The molecule has 0 atom stereocenters. The van der Waals surface area contributed by atoms with Crippen LogP contribution in [-0.4, -0.2) is 26.6 Å². The Bertz CT molecular complexity index is 1430. The molecule has 0 unspecified atom stereocenters. The number of pyridine rings is 1. The molecule has 0 bridgehead atoms. The van der Waals surface area contributed by atoms with E-state index in [-0.39, 0.29) is 35.7 Å². The Balaban J connectivity index is 1.78. The van der Waals surface area contributed by atoms with Gasteiger partial charge in [0.25, 0.3) is 17.0 Å². The van der Waals surface area contributed by atoms with Crippen LogP contribution in [0.15, 0.2) is 74.7 Å². The molecule has 1 aromatic carbocycles. The normalized spacial score (nSPS) is 13.3. The van der Waals surface area contributed by atoms with Gasteiger partial charge < -0.3 is 15.2 Å². The van der Waals surface area contributed by atoms with Gasteiger partial charge in [-0.25, -0.2) is 4.79 Å². The number of hydrogen-bond acceptors (Lipinski definition) is 5. The first-order valence-electron chi connectivity index (χ1n) is 11.7. The van der Waals surface area contributed by atoms with Crippen LogP contribution in [0.25, 0.3) is 0 Å². The van der Waals surface area contributed by atoms with E-state index in [2.05, 4.69) is 11.1 Å². The van der Waals surface area contributed by atoms with E-state index in [0.29, 0.717) is 6.42 Å².